The Kier molecular flexibility index (Phi) is 3.47. The van der Waals surface area contributed by atoms with Crippen molar-refractivity contribution in [3.63, 3.8) is 0 Å². The molecule has 0 unspecified atom stereocenters. The van der Waals surface area contributed by atoms with E-state index in [4.69, 9.17) is 16.2 Å². The number of benzene rings is 2. The summed E-state index contributed by atoms with van der Waals surface area (Å²) >= 11 is 2.25. The summed E-state index contributed by atoms with van der Waals surface area (Å²) in [4.78, 5) is 0. The van der Waals surface area contributed by atoms with E-state index in [2.05, 4.69) is 28.7 Å². The number of nitrogens with two attached hydrogens (primary N) is 2. The van der Waals surface area contributed by atoms with Gasteiger partial charge in [-0.15, -0.1) is 0 Å². The molecule has 21 heavy (non-hydrogen) atoms. The molecule has 104 valence electrons. The van der Waals surface area contributed by atoms with E-state index in [1.807, 2.05) is 30.3 Å². The first-order chi connectivity index (χ1) is 10.1. The van der Waals surface area contributed by atoms with Gasteiger partial charge in [-0.1, -0.05) is 18.2 Å². The molecule has 2 aromatic carbocycles. The molecule has 0 bridgehead atoms. The van der Waals surface area contributed by atoms with E-state index in [0.29, 0.717) is 17.0 Å². The minimum Gasteiger partial charge on any atom is -0.440 e. The molecule has 1 aliphatic heterocycles. The molecule has 1 heterocycles. The summed E-state index contributed by atoms with van der Waals surface area (Å²) in [6.45, 7) is 0. The fraction of sp³-hybridized carbons (Fsp3) is 0.0625. The second-order valence-corrected chi connectivity index (χ2v) is 6.02. The molecule has 5 heteroatoms. The van der Waals surface area contributed by atoms with Crippen LogP contribution in [0.1, 0.15) is 17.0 Å². The van der Waals surface area contributed by atoms with E-state index in [9.17, 15) is 5.26 Å². The predicted octanol–water partition coefficient (Wildman–Crippen LogP) is 3.09. The van der Waals surface area contributed by atoms with Crippen LogP contribution in [0.5, 0.6) is 5.75 Å². The van der Waals surface area contributed by atoms with E-state index in [1.165, 1.54) is 0 Å². The Bertz CT molecular complexity index is 792. The van der Waals surface area contributed by atoms with Gasteiger partial charge in [0.2, 0.25) is 5.88 Å². The topological polar surface area (TPSA) is 85.1 Å². The third-order valence-corrected chi connectivity index (χ3v) is 4.10. The van der Waals surface area contributed by atoms with E-state index in [0.717, 1.165) is 14.7 Å². The van der Waals surface area contributed by atoms with Gasteiger partial charge in [0, 0.05) is 20.9 Å². The third-order valence-electron chi connectivity index (χ3n) is 3.43. The van der Waals surface area contributed by atoms with Crippen LogP contribution in [0, 0.1) is 14.9 Å². The molecule has 0 saturated heterocycles. The first kappa shape index (κ1) is 13.8. The third kappa shape index (κ3) is 2.43. The highest BCUT2D eigenvalue weighted by atomic mass is 127. The highest BCUT2D eigenvalue weighted by Gasteiger charge is 2.30. The monoisotopic (exact) mass is 389 g/mol. The standard InChI is InChI=1S/C16H12IN3O/c17-10-3-1-2-9(6-10)15-12-5-4-11(19)7-14(12)21-16(20)13(15)8-18/h1-7,15H,19-20H2/t15-/m1/s1. The van der Waals surface area contributed by atoms with Crippen LogP contribution in [0.2, 0.25) is 0 Å². The summed E-state index contributed by atoms with van der Waals surface area (Å²) in [5.41, 5.74) is 14.6. The van der Waals surface area contributed by atoms with Gasteiger partial charge < -0.3 is 16.2 Å². The Morgan fingerprint density at radius 1 is 1.14 bits per heavy atom. The largest absolute Gasteiger partial charge is 0.440 e. The SMILES string of the molecule is N#CC1=C(N)Oc2cc(N)ccc2[C@H]1c1cccc(I)c1. The zero-order chi connectivity index (χ0) is 15.0. The quantitative estimate of drug-likeness (QED) is 0.580. The van der Waals surface area contributed by atoms with Crippen LogP contribution in [0.4, 0.5) is 5.69 Å². The molecule has 2 aromatic rings. The molecule has 0 amide bonds. The van der Waals surface area contributed by atoms with Crippen molar-refractivity contribution >= 4 is 28.3 Å². The molecule has 0 radical (unpaired) electrons. The second-order valence-electron chi connectivity index (χ2n) is 4.78. The first-order valence-corrected chi connectivity index (χ1v) is 7.40. The highest BCUT2D eigenvalue weighted by molar-refractivity contribution is 14.1. The number of halogens is 1. The molecule has 4 nitrogen and oxygen atoms in total. The maximum absolute atomic E-state index is 9.45. The van der Waals surface area contributed by atoms with Crippen LogP contribution in [0.3, 0.4) is 0 Å². The zero-order valence-electron chi connectivity index (χ0n) is 11.0. The summed E-state index contributed by atoms with van der Waals surface area (Å²) in [5, 5.41) is 9.45. The Hall–Kier alpha value is -2.20. The average molecular weight is 389 g/mol. The molecule has 0 aliphatic carbocycles. The van der Waals surface area contributed by atoms with E-state index < -0.39 is 0 Å². The summed E-state index contributed by atoms with van der Waals surface area (Å²) < 4.78 is 6.65. The van der Waals surface area contributed by atoms with Crippen molar-refractivity contribution in [1.82, 2.24) is 0 Å². The molecular weight excluding hydrogens is 377 g/mol. The zero-order valence-corrected chi connectivity index (χ0v) is 13.2. The number of hydrogen-bond acceptors (Lipinski definition) is 4. The van der Waals surface area contributed by atoms with Crippen molar-refractivity contribution in [1.29, 1.82) is 5.26 Å². The van der Waals surface area contributed by atoms with Gasteiger partial charge in [0.15, 0.2) is 0 Å². The number of nitriles is 1. The predicted molar refractivity (Wildman–Crippen MR) is 89.3 cm³/mol. The van der Waals surface area contributed by atoms with E-state index >= 15 is 0 Å². The van der Waals surface area contributed by atoms with Crippen molar-refractivity contribution < 1.29 is 4.74 Å². The molecule has 0 fully saturated rings. The fourth-order valence-corrected chi connectivity index (χ4v) is 3.07. The average Bonchev–Trinajstić information content (AvgIpc) is 2.45. The van der Waals surface area contributed by atoms with Crippen molar-refractivity contribution in [3.05, 3.63) is 68.6 Å². The lowest BCUT2D eigenvalue weighted by Gasteiger charge is -2.26. The lowest BCUT2D eigenvalue weighted by atomic mass is 9.83. The maximum Gasteiger partial charge on any atom is 0.205 e. The highest BCUT2D eigenvalue weighted by Crippen LogP contribution is 2.42. The molecule has 1 aliphatic rings. The van der Waals surface area contributed by atoms with Gasteiger partial charge in [0.05, 0.1) is 5.92 Å². The van der Waals surface area contributed by atoms with Crippen LogP contribution in [-0.4, -0.2) is 0 Å². The van der Waals surface area contributed by atoms with Gasteiger partial charge in [0.25, 0.3) is 0 Å². The number of ether oxygens (including phenoxy) is 1. The lowest BCUT2D eigenvalue weighted by molar-refractivity contribution is 0.394. The molecule has 0 spiro atoms. The number of hydrogen-bond donors (Lipinski definition) is 2. The van der Waals surface area contributed by atoms with Crippen molar-refractivity contribution in [2.45, 2.75) is 5.92 Å². The van der Waals surface area contributed by atoms with Crippen LogP contribution in [0.15, 0.2) is 53.9 Å². The summed E-state index contributed by atoms with van der Waals surface area (Å²) in [6, 6.07) is 15.6. The molecule has 0 saturated carbocycles. The summed E-state index contributed by atoms with van der Waals surface area (Å²) in [5.74, 6) is 0.517. The Labute approximate surface area is 136 Å². The van der Waals surface area contributed by atoms with Gasteiger partial charge in [-0.2, -0.15) is 5.26 Å². The molecular formula is C16H12IN3O. The van der Waals surface area contributed by atoms with Crippen LogP contribution >= 0.6 is 22.6 Å². The van der Waals surface area contributed by atoms with Gasteiger partial charge in [-0.3, -0.25) is 0 Å². The molecule has 4 N–H and O–H groups in total. The minimum atomic E-state index is -0.228. The number of allylic oxidation sites excluding steroid dienone is 1. The van der Waals surface area contributed by atoms with E-state index in [1.54, 1.807) is 12.1 Å². The van der Waals surface area contributed by atoms with Gasteiger partial charge >= 0.3 is 0 Å². The van der Waals surface area contributed by atoms with Crippen LogP contribution in [-0.2, 0) is 0 Å². The smallest absolute Gasteiger partial charge is 0.205 e. The van der Waals surface area contributed by atoms with Crippen LogP contribution in [0.25, 0.3) is 0 Å². The van der Waals surface area contributed by atoms with Gasteiger partial charge in [-0.25, -0.2) is 0 Å². The number of fused-ring (bicyclic) bond motifs is 1. The van der Waals surface area contributed by atoms with Crippen LogP contribution < -0.4 is 16.2 Å². The first-order valence-electron chi connectivity index (χ1n) is 6.32. The second kappa shape index (κ2) is 5.30. The van der Waals surface area contributed by atoms with Crippen molar-refractivity contribution in [2.24, 2.45) is 5.73 Å². The van der Waals surface area contributed by atoms with E-state index in [-0.39, 0.29) is 11.8 Å². The Balaban J connectivity index is 2.24. The number of nitrogens with zero attached hydrogens (tertiary/aromatic N) is 1. The minimum absolute atomic E-state index is 0.138. The normalized spacial score (nSPS) is 16.9. The number of anilines is 1. The Morgan fingerprint density at radius 3 is 2.67 bits per heavy atom. The summed E-state index contributed by atoms with van der Waals surface area (Å²) in [7, 11) is 0. The van der Waals surface area contributed by atoms with Gasteiger partial charge in [-0.05, 0) is 46.4 Å². The molecule has 3 rings (SSSR count). The number of nitrogen functional groups attached to an aromatic ring is 1. The van der Waals surface area contributed by atoms with Crippen molar-refractivity contribution in [3.8, 4) is 11.8 Å². The maximum atomic E-state index is 9.45. The summed E-state index contributed by atoms with van der Waals surface area (Å²) in [6.07, 6.45) is 0. The van der Waals surface area contributed by atoms with Crippen molar-refractivity contribution in [2.75, 3.05) is 5.73 Å². The van der Waals surface area contributed by atoms with Gasteiger partial charge in [0.1, 0.15) is 17.4 Å². The Morgan fingerprint density at radius 2 is 1.95 bits per heavy atom. The number of rotatable bonds is 1. The molecule has 1 atom stereocenters. The fourth-order valence-electron chi connectivity index (χ4n) is 2.50. The molecule has 0 aromatic heterocycles. The lowest BCUT2D eigenvalue weighted by Crippen LogP contribution is -2.21.